The highest BCUT2D eigenvalue weighted by Crippen LogP contribution is 2.24. The molecule has 4 heteroatoms. The molecule has 1 saturated heterocycles. The van der Waals surface area contributed by atoms with Gasteiger partial charge in [-0.3, -0.25) is 9.69 Å². The summed E-state index contributed by atoms with van der Waals surface area (Å²) in [7, 11) is 0. The second-order valence-electron chi connectivity index (χ2n) is 6.88. The minimum Gasteiger partial charge on any atom is -0.399 e. The monoisotopic (exact) mass is 337 g/mol. The van der Waals surface area contributed by atoms with E-state index in [0.29, 0.717) is 12.5 Å². The van der Waals surface area contributed by atoms with E-state index in [-0.39, 0.29) is 11.9 Å². The molecule has 1 atom stereocenters. The van der Waals surface area contributed by atoms with Crippen molar-refractivity contribution in [2.45, 2.75) is 38.3 Å². The third kappa shape index (κ3) is 4.83. The summed E-state index contributed by atoms with van der Waals surface area (Å²) < 4.78 is 0. The number of amides is 1. The van der Waals surface area contributed by atoms with Gasteiger partial charge < -0.3 is 11.1 Å². The average molecular weight is 337 g/mol. The van der Waals surface area contributed by atoms with E-state index in [9.17, 15) is 4.79 Å². The first-order valence-corrected chi connectivity index (χ1v) is 9.04. The average Bonchev–Trinajstić information content (AvgIpc) is 2.64. The highest BCUT2D eigenvalue weighted by molar-refractivity contribution is 5.79. The fraction of sp³-hybridized carbons (Fsp3) is 0.381. The molecule has 0 spiro atoms. The van der Waals surface area contributed by atoms with E-state index in [2.05, 4.69) is 47.5 Å². The van der Waals surface area contributed by atoms with Crippen molar-refractivity contribution in [2.75, 3.05) is 18.8 Å². The highest BCUT2D eigenvalue weighted by Gasteiger charge is 2.24. The van der Waals surface area contributed by atoms with Crippen LogP contribution in [0, 0.1) is 0 Å². The number of anilines is 1. The molecule has 4 nitrogen and oxygen atoms in total. The zero-order valence-corrected chi connectivity index (χ0v) is 14.8. The zero-order chi connectivity index (χ0) is 17.6. The second kappa shape index (κ2) is 8.17. The largest absolute Gasteiger partial charge is 0.399 e. The number of nitrogens with two attached hydrogens (primary N) is 1. The first-order chi connectivity index (χ1) is 12.1. The fourth-order valence-corrected chi connectivity index (χ4v) is 3.47. The highest BCUT2D eigenvalue weighted by atomic mass is 16.1. The molecule has 0 radical (unpaired) electrons. The molecule has 132 valence electrons. The Labute approximate surface area is 150 Å². The number of nitrogens with zero attached hydrogens (tertiary/aromatic N) is 1. The van der Waals surface area contributed by atoms with Gasteiger partial charge in [0.05, 0.1) is 6.42 Å². The summed E-state index contributed by atoms with van der Waals surface area (Å²) in [5.74, 6) is 0.0966. The Morgan fingerprint density at radius 2 is 1.76 bits per heavy atom. The van der Waals surface area contributed by atoms with Crippen molar-refractivity contribution in [3.63, 3.8) is 0 Å². The van der Waals surface area contributed by atoms with Crippen LogP contribution in [0.1, 0.15) is 36.9 Å². The van der Waals surface area contributed by atoms with Gasteiger partial charge in [-0.15, -0.1) is 0 Å². The zero-order valence-electron chi connectivity index (χ0n) is 14.8. The topological polar surface area (TPSA) is 58.4 Å². The molecule has 1 heterocycles. The van der Waals surface area contributed by atoms with Crippen LogP contribution in [-0.4, -0.2) is 29.9 Å². The van der Waals surface area contributed by atoms with Gasteiger partial charge in [0.1, 0.15) is 0 Å². The lowest BCUT2D eigenvalue weighted by Crippen LogP contribution is -2.45. The number of hydrogen-bond acceptors (Lipinski definition) is 3. The lowest BCUT2D eigenvalue weighted by atomic mass is 10.00. The molecule has 0 bridgehead atoms. The quantitative estimate of drug-likeness (QED) is 0.824. The summed E-state index contributed by atoms with van der Waals surface area (Å²) in [5, 5.41) is 3.18. The smallest absolute Gasteiger partial charge is 0.224 e. The van der Waals surface area contributed by atoms with Gasteiger partial charge >= 0.3 is 0 Å². The third-order valence-electron chi connectivity index (χ3n) is 5.07. The summed E-state index contributed by atoms with van der Waals surface area (Å²) in [6.45, 7) is 4.29. The number of rotatable bonds is 5. The summed E-state index contributed by atoms with van der Waals surface area (Å²) in [5.41, 5.74) is 8.76. The van der Waals surface area contributed by atoms with E-state index in [0.717, 1.165) is 37.2 Å². The molecule has 0 saturated carbocycles. The molecule has 3 rings (SSSR count). The van der Waals surface area contributed by atoms with Crippen LogP contribution in [0.2, 0.25) is 0 Å². The van der Waals surface area contributed by atoms with E-state index in [1.54, 1.807) is 0 Å². The van der Waals surface area contributed by atoms with E-state index < -0.39 is 0 Å². The number of hydrogen-bond donors (Lipinski definition) is 2. The van der Waals surface area contributed by atoms with Crippen molar-refractivity contribution >= 4 is 11.6 Å². The van der Waals surface area contributed by atoms with Crippen molar-refractivity contribution < 1.29 is 4.79 Å². The van der Waals surface area contributed by atoms with Crippen molar-refractivity contribution in [3.05, 3.63) is 65.7 Å². The van der Waals surface area contributed by atoms with E-state index in [1.165, 1.54) is 5.56 Å². The normalized spacial score (nSPS) is 17.2. The first kappa shape index (κ1) is 17.5. The lowest BCUT2D eigenvalue weighted by molar-refractivity contribution is -0.121. The van der Waals surface area contributed by atoms with Crippen molar-refractivity contribution in [3.8, 4) is 0 Å². The molecule has 1 aliphatic heterocycles. The molecule has 0 aliphatic carbocycles. The summed E-state index contributed by atoms with van der Waals surface area (Å²) in [6, 6.07) is 18.8. The van der Waals surface area contributed by atoms with Crippen molar-refractivity contribution in [2.24, 2.45) is 0 Å². The Balaban J connectivity index is 1.46. The van der Waals surface area contributed by atoms with Crippen molar-refractivity contribution in [1.29, 1.82) is 0 Å². The molecule has 1 aliphatic rings. The van der Waals surface area contributed by atoms with E-state index in [1.807, 2.05) is 24.3 Å². The first-order valence-electron chi connectivity index (χ1n) is 9.04. The van der Waals surface area contributed by atoms with Crippen LogP contribution in [-0.2, 0) is 11.2 Å². The van der Waals surface area contributed by atoms with Gasteiger partial charge in [0.15, 0.2) is 0 Å². The lowest BCUT2D eigenvalue weighted by Gasteiger charge is -2.36. The summed E-state index contributed by atoms with van der Waals surface area (Å²) >= 11 is 0. The van der Waals surface area contributed by atoms with Crippen molar-refractivity contribution in [1.82, 2.24) is 10.2 Å². The summed E-state index contributed by atoms with van der Waals surface area (Å²) in [6.07, 6.45) is 2.43. The number of nitrogens with one attached hydrogen (secondary N) is 1. The van der Waals surface area contributed by atoms with Crippen LogP contribution in [0.3, 0.4) is 0 Å². The minimum atomic E-state index is 0.0966. The Hall–Kier alpha value is -2.33. The molecule has 1 fully saturated rings. The van der Waals surface area contributed by atoms with Crippen LogP contribution in [0.25, 0.3) is 0 Å². The predicted molar refractivity (Wildman–Crippen MR) is 102 cm³/mol. The van der Waals surface area contributed by atoms with Crippen LogP contribution in [0.15, 0.2) is 54.6 Å². The molecule has 2 aromatic carbocycles. The van der Waals surface area contributed by atoms with Crippen LogP contribution in [0.5, 0.6) is 0 Å². The van der Waals surface area contributed by atoms with Gasteiger partial charge in [-0.05, 0) is 43.0 Å². The SMILES string of the molecule is CC(c1ccccc1)N1CCC(NC(=O)Cc2ccc(N)cc2)CC1. The predicted octanol–water partition coefficient (Wildman–Crippen LogP) is 3.15. The summed E-state index contributed by atoms with van der Waals surface area (Å²) in [4.78, 5) is 14.7. The van der Waals surface area contributed by atoms with E-state index >= 15 is 0 Å². The number of benzene rings is 2. The molecular weight excluding hydrogens is 310 g/mol. The molecule has 0 aromatic heterocycles. The van der Waals surface area contributed by atoms with Gasteiger partial charge in [0.2, 0.25) is 5.91 Å². The Morgan fingerprint density at radius 3 is 2.40 bits per heavy atom. The minimum absolute atomic E-state index is 0.0966. The fourth-order valence-electron chi connectivity index (χ4n) is 3.47. The molecular formula is C21H27N3O. The van der Waals surface area contributed by atoms with Gasteiger partial charge in [0.25, 0.3) is 0 Å². The Kier molecular flexibility index (Phi) is 5.71. The molecule has 1 unspecified atom stereocenters. The number of carbonyl (C=O) groups is 1. The maximum Gasteiger partial charge on any atom is 0.224 e. The van der Waals surface area contributed by atoms with Crippen LogP contribution in [0.4, 0.5) is 5.69 Å². The molecule has 2 aromatic rings. The molecule has 3 N–H and O–H groups in total. The maximum atomic E-state index is 12.2. The van der Waals surface area contributed by atoms with Gasteiger partial charge in [0, 0.05) is 30.9 Å². The number of nitrogen functional groups attached to an aromatic ring is 1. The number of piperidine rings is 1. The molecule has 1 amide bonds. The number of carbonyl (C=O) groups excluding carboxylic acids is 1. The molecule has 25 heavy (non-hydrogen) atoms. The third-order valence-corrected chi connectivity index (χ3v) is 5.07. The maximum absolute atomic E-state index is 12.2. The standard InChI is InChI=1S/C21H27N3O/c1-16(18-5-3-2-4-6-18)24-13-11-20(12-14-24)23-21(25)15-17-7-9-19(22)10-8-17/h2-10,16,20H,11-15,22H2,1H3,(H,23,25). The van der Waals surface area contributed by atoms with Gasteiger partial charge in [-0.2, -0.15) is 0 Å². The van der Waals surface area contributed by atoms with Crippen LogP contribution >= 0.6 is 0 Å². The van der Waals surface area contributed by atoms with Gasteiger partial charge in [-0.25, -0.2) is 0 Å². The van der Waals surface area contributed by atoms with E-state index in [4.69, 9.17) is 5.73 Å². The Bertz CT molecular complexity index is 676. The Morgan fingerprint density at radius 1 is 1.12 bits per heavy atom. The number of likely N-dealkylation sites (tertiary alicyclic amines) is 1. The van der Waals surface area contributed by atoms with Crippen LogP contribution < -0.4 is 11.1 Å². The second-order valence-corrected chi connectivity index (χ2v) is 6.88. The van der Waals surface area contributed by atoms with Gasteiger partial charge in [-0.1, -0.05) is 42.5 Å².